The number of pyridine rings is 3. The van der Waals surface area contributed by atoms with Gasteiger partial charge in [0.1, 0.15) is 11.2 Å². The molecule has 0 fully saturated rings. The fourth-order valence-electron chi connectivity index (χ4n) is 4.06. The molecule has 0 bridgehead atoms. The predicted octanol–water partition coefficient (Wildman–Crippen LogP) is 7.26. The van der Waals surface area contributed by atoms with Gasteiger partial charge in [-0.05, 0) is 35.7 Å². The summed E-state index contributed by atoms with van der Waals surface area (Å²) in [6, 6.07) is 12.3. The van der Waals surface area contributed by atoms with Crippen LogP contribution in [0.25, 0.3) is 55.0 Å². The normalized spacial score (nSPS) is 11.9. The first kappa shape index (κ1) is 22.2. The standard InChI is InChI=1S/C28H25N7S/c1-16(28(2,3)4)31-18-10-17(12-29-13-18)21-7-8-22-26(33-21)27(35-34-22)23-11-19-20(25-6-5-9-36-25)14-30-15-24(19)32-23/h5-15,31-32H,1H2,2-4H3,(H,34,35). The van der Waals surface area contributed by atoms with Crippen LogP contribution in [0, 0.1) is 5.41 Å². The maximum absolute atomic E-state index is 4.98. The number of aromatic nitrogens is 6. The lowest BCUT2D eigenvalue weighted by molar-refractivity contribution is 0.509. The molecule has 0 aliphatic heterocycles. The van der Waals surface area contributed by atoms with E-state index in [2.05, 4.69) is 81.4 Å². The smallest absolute Gasteiger partial charge is 0.135 e. The number of allylic oxidation sites excluding steroid dienone is 1. The molecular weight excluding hydrogens is 466 g/mol. The number of nitrogens with one attached hydrogen (secondary N) is 3. The fraction of sp³-hybridized carbons (Fsp3) is 0.143. The summed E-state index contributed by atoms with van der Waals surface area (Å²) in [5.74, 6) is 0. The number of nitrogens with zero attached hydrogens (tertiary/aromatic N) is 4. The Morgan fingerprint density at radius 3 is 2.67 bits per heavy atom. The third kappa shape index (κ3) is 3.95. The van der Waals surface area contributed by atoms with Crippen molar-refractivity contribution >= 4 is 39.0 Å². The lowest BCUT2D eigenvalue weighted by Gasteiger charge is -2.23. The van der Waals surface area contributed by atoms with Gasteiger partial charge in [0.05, 0.1) is 40.5 Å². The van der Waals surface area contributed by atoms with E-state index < -0.39 is 0 Å². The number of hydrogen-bond donors (Lipinski definition) is 3. The van der Waals surface area contributed by atoms with Crippen molar-refractivity contribution < 1.29 is 0 Å². The first-order valence-electron chi connectivity index (χ1n) is 11.6. The molecule has 3 N–H and O–H groups in total. The SMILES string of the molecule is C=C(Nc1cncc(-c2ccc3[nH]nc(-c4cc5c(-c6cccs6)cncc5[nH]4)c3n2)c1)C(C)(C)C. The van der Waals surface area contributed by atoms with Crippen molar-refractivity contribution in [1.82, 2.24) is 30.1 Å². The molecule has 0 aliphatic carbocycles. The van der Waals surface area contributed by atoms with E-state index in [0.717, 1.165) is 61.5 Å². The van der Waals surface area contributed by atoms with Crippen molar-refractivity contribution in [3.63, 3.8) is 0 Å². The Labute approximate surface area is 212 Å². The number of thiophene rings is 1. The van der Waals surface area contributed by atoms with Crippen LogP contribution in [0.4, 0.5) is 5.69 Å². The van der Waals surface area contributed by atoms with Gasteiger partial charge in [0.25, 0.3) is 0 Å². The largest absolute Gasteiger partial charge is 0.358 e. The van der Waals surface area contributed by atoms with Crippen molar-refractivity contribution in [3.8, 4) is 33.1 Å². The summed E-state index contributed by atoms with van der Waals surface area (Å²) in [5, 5.41) is 14.3. The van der Waals surface area contributed by atoms with Crippen molar-refractivity contribution in [2.75, 3.05) is 5.32 Å². The van der Waals surface area contributed by atoms with Crippen molar-refractivity contribution in [2.45, 2.75) is 20.8 Å². The van der Waals surface area contributed by atoms with E-state index in [1.807, 2.05) is 36.8 Å². The maximum atomic E-state index is 4.98. The van der Waals surface area contributed by atoms with Gasteiger partial charge in [-0.3, -0.25) is 15.1 Å². The zero-order valence-corrected chi connectivity index (χ0v) is 21.1. The average Bonchev–Trinajstić information content (AvgIpc) is 3.62. The number of anilines is 1. The molecule has 7 nitrogen and oxygen atoms in total. The molecule has 6 aromatic rings. The second kappa shape index (κ2) is 8.42. The van der Waals surface area contributed by atoms with Gasteiger partial charge >= 0.3 is 0 Å². The van der Waals surface area contributed by atoms with Crippen LogP contribution in [0.5, 0.6) is 0 Å². The molecule has 6 heterocycles. The Morgan fingerprint density at radius 2 is 1.86 bits per heavy atom. The maximum Gasteiger partial charge on any atom is 0.135 e. The highest BCUT2D eigenvalue weighted by atomic mass is 32.1. The Kier molecular flexibility index (Phi) is 5.19. The highest BCUT2D eigenvalue weighted by molar-refractivity contribution is 7.13. The lowest BCUT2D eigenvalue weighted by atomic mass is 9.93. The van der Waals surface area contributed by atoms with Gasteiger partial charge in [-0.1, -0.05) is 33.4 Å². The van der Waals surface area contributed by atoms with Crippen LogP contribution in [0.2, 0.25) is 0 Å². The summed E-state index contributed by atoms with van der Waals surface area (Å²) in [5.41, 5.74) is 8.87. The van der Waals surface area contributed by atoms with E-state index in [9.17, 15) is 0 Å². The summed E-state index contributed by atoms with van der Waals surface area (Å²) in [6.45, 7) is 10.5. The topological polar surface area (TPSA) is 95.2 Å². The molecule has 0 radical (unpaired) electrons. The van der Waals surface area contributed by atoms with Crippen LogP contribution < -0.4 is 5.32 Å². The molecule has 0 saturated carbocycles. The van der Waals surface area contributed by atoms with Crippen LogP contribution in [-0.2, 0) is 0 Å². The van der Waals surface area contributed by atoms with Crippen LogP contribution in [0.1, 0.15) is 20.8 Å². The molecule has 0 saturated heterocycles. The highest BCUT2D eigenvalue weighted by Crippen LogP contribution is 2.35. The Balaban J connectivity index is 1.40. The minimum absolute atomic E-state index is 0.0582. The van der Waals surface area contributed by atoms with Crippen molar-refractivity contribution in [3.05, 3.63) is 78.8 Å². The summed E-state index contributed by atoms with van der Waals surface area (Å²) < 4.78 is 0. The molecule has 36 heavy (non-hydrogen) atoms. The zero-order valence-electron chi connectivity index (χ0n) is 20.3. The number of aromatic amines is 2. The first-order valence-corrected chi connectivity index (χ1v) is 12.5. The molecule has 6 aromatic heterocycles. The van der Waals surface area contributed by atoms with E-state index in [4.69, 9.17) is 4.98 Å². The molecule has 178 valence electrons. The van der Waals surface area contributed by atoms with Gasteiger partial charge in [0, 0.05) is 44.9 Å². The number of hydrogen-bond acceptors (Lipinski definition) is 6. The summed E-state index contributed by atoms with van der Waals surface area (Å²) >= 11 is 1.70. The monoisotopic (exact) mass is 491 g/mol. The number of fused-ring (bicyclic) bond motifs is 2. The second-order valence-electron chi connectivity index (χ2n) is 9.79. The molecule has 0 unspecified atom stereocenters. The Hall–Kier alpha value is -4.30. The molecule has 0 amide bonds. The van der Waals surface area contributed by atoms with E-state index in [1.54, 1.807) is 17.5 Å². The molecule has 0 aromatic carbocycles. The summed E-state index contributed by atoms with van der Waals surface area (Å²) in [6.07, 6.45) is 7.37. The molecular formula is C28H25N7S. The van der Waals surface area contributed by atoms with Crippen LogP contribution in [0.15, 0.2) is 78.8 Å². The van der Waals surface area contributed by atoms with Gasteiger partial charge in [0.2, 0.25) is 0 Å². The van der Waals surface area contributed by atoms with Gasteiger partial charge in [-0.25, -0.2) is 4.98 Å². The van der Waals surface area contributed by atoms with E-state index in [-0.39, 0.29) is 5.41 Å². The van der Waals surface area contributed by atoms with E-state index in [0.29, 0.717) is 0 Å². The average molecular weight is 492 g/mol. The Bertz CT molecular complexity index is 1720. The number of rotatable bonds is 5. The molecule has 8 heteroatoms. The fourth-order valence-corrected chi connectivity index (χ4v) is 4.81. The summed E-state index contributed by atoms with van der Waals surface area (Å²) in [4.78, 5) is 18.5. The first-order chi connectivity index (χ1) is 17.4. The minimum Gasteiger partial charge on any atom is -0.358 e. The van der Waals surface area contributed by atoms with E-state index >= 15 is 0 Å². The van der Waals surface area contributed by atoms with E-state index in [1.165, 1.54) is 4.88 Å². The van der Waals surface area contributed by atoms with Crippen molar-refractivity contribution in [2.24, 2.45) is 5.41 Å². The zero-order chi connectivity index (χ0) is 24.9. The van der Waals surface area contributed by atoms with Gasteiger partial charge in [-0.15, -0.1) is 11.3 Å². The van der Waals surface area contributed by atoms with Crippen LogP contribution in [-0.4, -0.2) is 30.1 Å². The van der Waals surface area contributed by atoms with Crippen LogP contribution >= 0.6 is 11.3 Å². The third-order valence-electron chi connectivity index (χ3n) is 6.23. The lowest BCUT2D eigenvalue weighted by Crippen LogP contribution is -2.15. The predicted molar refractivity (Wildman–Crippen MR) is 148 cm³/mol. The Morgan fingerprint density at radius 1 is 1.00 bits per heavy atom. The molecule has 0 atom stereocenters. The molecule has 6 rings (SSSR count). The van der Waals surface area contributed by atoms with Crippen LogP contribution in [0.3, 0.4) is 0 Å². The van der Waals surface area contributed by atoms with Gasteiger partial charge in [0.15, 0.2) is 0 Å². The molecule has 0 spiro atoms. The quantitative estimate of drug-likeness (QED) is 0.236. The van der Waals surface area contributed by atoms with Gasteiger partial charge < -0.3 is 10.3 Å². The highest BCUT2D eigenvalue weighted by Gasteiger charge is 2.17. The minimum atomic E-state index is -0.0582. The second-order valence-corrected chi connectivity index (χ2v) is 10.7. The molecule has 0 aliphatic rings. The van der Waals surface area contributed by atoms with Crippen molar-refractivity contribution in [1.29, 1.82) is 0 Å². The number of H-pyrrole nitrogens is 2. The van der Waals surface area contributed by atoms with Gasteiger partial charge in [-0.2, -0.15) is 5.10 Å². The third-order valence-corrected chi connectivity index (χ3v) is 7.13. The summed E-state index contributed by atoms with van der Waals surface area (Å²) in [7, 11) is 0.